The number of aryl methyl sites for hydroxylation is 1. The molecule has 5 nitrogen and oxygen atoms in total. The average Bonchev–Trinajstić information content (AvgIpc) is 2.97. The molecular weight excluding hydrogens is 322 g/mol. The molecule has 1 aromatic carbocycles. The lowest BCUT2D eigenvalue weighted by Crippen LogP contribution is -2.21. The molecule has 2 aromatic rings. The number of carbonyl (C=O) groups is 2. The quantitative estimate of drug-likeness (QED) is 0.686. The first-order valence-electron chi connectivity index (χ1n) is 7.22. The molecule has 2 rings (SSSR count). The van der Waals surface area contributed by atoms with Gasteiger partial charge in [0.05, 0.1) is 0 Å². The van der Waals surface area contributed by atoms with E-state index >= 15 is 0 Å². The highest BCUT2D eigenvalue weighted by Crippen LogP contribution is 2.19. The number of carbonyl (C=O) groups excluding carboxylic acids is 2. The zero-order chi connectivity index (χ0) is 17.7. The normalized spacial score (nSPS) is 10.8. The first kappa shape index (κ1) is 17.4. The molecule has 0 aliphatic carbocycles. The zero-order valence-corrected chi connectivity index (χ0v) is 14.5. The van der Waals surface area contributed by atoms with Crippen LogP contribution in [0.1, 0.15) is 20.1 Å². The summed E-state index contributed by atoms with van der Waals surface area (Å²) in [6.45, 7) is 1.96. The number of hydrogen-bond acceptors (Lipinski definition) is 4. The Kier molecular flexibility index (Phi) is 5.51. The van der Waals surface area contributed by atoms with Crippen LogP contribution in [0.4, 0.5) is 5.69 Å². The molecular formula is C18H17N3O2S. The van der Waals surface area contributed by atoms with Gasteiger partial charge in [-0.1, -0.05) is 0 Å². The lowest BCUT2D eigenvalue weighted by molar-refractivity contribution is -0.112. The Labute approximate surface area is 144 Å². The molecule has 0 unspecified atom stereocenters. The molecule has 24 heavy (non-hydrogen) atoms. The van der Waals surface area contributed by atoms with Gasteiger partial charge in [-0.2, -0.15) is 5.26 Å². The maximum absolute atomic E-state index is 12.2. The van der Waals surface area contributed by atoms with Crippen LogP contribution in [-0.4, -0.2) is 30.8 Å². The largest absolute Gasteiger partial charge is 0.345 e. The predicted octanol–water partition coefficient (Wildman–Crippen LogP) is 3.30. The Morgan fingerprint density at radius 1 is 1.17 bits per heavy atom. The second-order valence-electron chi connectivity index (χ2n) is 5.35. The van der Waals surface area contributed by atoms with E-state index in [-0.39, 0.29) is 11.5 Å². The van der Waals surface area contributed by atoms with Crippen molar-refractivity contribution in [2.45, 2.75) is 6.92 Å². The molecule has 1 heterocycles. The third-order valence-electron chi connectivity index (χ3n) is 3.21. The third kappa shape index (κ3) is 4.31. The maximum atomic E-state index is 12.2. The van der Waals surface area contributed by atoms with Crippen molar-refractivity contribution < 1.29 is 9.59 Å². The molecule has 1 aromatic heterocycles. The Morgan fingerprint density at radius 3 is 2.33 bits per heavy atom. The Balaban J connectivity index is 2.12. The molecule has 0 atom stereocenters. The molecule has 6 heteroatoms. The topological polar surface area (TPSA) is 73.2 Å². The van der Waals surface area contributed by atoms with E-state index in [9.17, 15) is 14.9 Å². The minimum Gasteiger partial charge on any atom is -0.345 e. The number of rotatable bonds is 4. The molecule has 0 saturated carbocycles. The molecule has 0 aliphatic rings. The summed E-state index contributed by atoms with van der Waals surface area (Å²) in [7, 11) is 3.35. The second-order valence-corrected chi connectivity index (χ2v) is 6.67. The molecule has 0 radical (unpaired) electrons. The van der Waals surface area contributed by atoms with E-state index in [1.165, 1.54) is 16.2 Å². The van der Waals surface area contributed by atoms with E-state index in [0.29, 0.717) is 11.3 Å². The number of thiophene rings is 1. The summed E-state index contributed by atoms with van der Waals surface area (Å²) >= 11 is 1.51. The van der Waals surface area contributed by atoms with Crippen molar-refractivity contribution in [1.29, 1.82) is 5.26 Å². The minimum absolute atomic E-state index is 0.0327. The van der Waals surface area contributed by atoms with E-state index in [2.05, 4.69) is 5.32 Å². The van der Waals surface area contributed by atoms with Gasteiger partial charge in [0, 0.05) is 35.1 Å². The van der Waals surface area contributed by atoms with Gasteiger partial charge in [0.2, 0.25) is 0 Å². The summed E-state index contributed by atoms with van der Waals surface area (Å²) in [5, 5.41) is 11.9. The minimum atomic E-state index is -0.477. The van der Waals surface area contributed by atoms with E-state index in [4.69, 9.17) is 0 Å². The van der Waals surface area contributed by atoms with Crippen LogP contribution >= 0.6 is 11.3 Å². The SMILES string of the molecule is Cc1ccc(/C=C(/C#N)C(=O)Nc2ccc(C(=O)N(C)C)cc2)s1. The van der Waals surface area contributed by atoms with E-state index < -0.39 is 5.91 Å². The van der Waals surface area contributed by atoms with Gasteiger partial charge >= 0.3 is 0 Å². The number of benzene rings is 1. The Morgan fingerprint density at radius 2 is 1.83 bits per heavy atom. The number of nitrogens with one attached hydrogen (secondary N) is 1. The summed E-state index contributed by atoms with van der Waals surface area (Å²) < 4.78 is 0. The standard InChI is InChI=1S/C18H17N3O2S/c1-12-4-9-16(24-12)10-14(11-19)17(22)20-15-7-5-13(6-8-15)18(23)21(2)3/h4-10H,1-3H3,(H,20,22)/b14-10-. The summed E-state index contributed by atoms with van der Waals surface area (Å²) in [6, 6.07) is 12.3. The molecule has 0 fully saturated rings. The van der Waals surface area contributed by atoms with Crippen molar-refractivity contribution in [1.82, 2.24) is 4.90 Å². The highest BCUT2D eigenvalue weighted by atomic mass is 32.1. The lowest BCUT2D eigenvalue weighted by Gasteiger charge is -2.10. The lowest BCUT2D eigenvalue weighted by atomic mass is 10.1. The van der Waals surface area contributed by atoms with Crippen LogP contribution in [0.5, 0.6) is 0 Å². The van der Waals surface area contributed by atoms with Crippen molar-refractivity contribution in [3.63, 3.8) is 0 Å². The fraction of sp³-hybridized carbons (Fsp3) is 0.167. The molecule has 0 spiro atoms. The van der Waals surface area contributed by atoms with Crippen molar-refractivity contribution in [3.05, 3.63) is 57.3 Å². The fourth-order valence-corrected chi connectivity index (χ4v) is 2.80. The van der Waals surface area contributed by atoms with Crippen molar-refractivity contribution in [3.8, 4) is 6.07 Å². The molecule has 0 aliphatic heterocycles. The highest BCUT2D eigenvalue weighted by Gasteiger charge is 2.11. The van der Waals surface area contributed by atoms with Crippen LogP contribution in [0.2, 0.25) is 0 Å². The first-order valence-corrected chi connectivity index (χ1v) is 8.03. The van der Waals surface area contributed by atoms with Crippen LogP contribution < -0.4 is 5.32 Å². The van der Waals surface area contributed by atoms with Crippen molar-refractivity contribution in [2.24, 2.45) is 0 Å². The fourth-order valence-electron chi connectivity index (χ4n) is 1.97. The number of nitriles is 1. The van der Waals surface area contributed by atoms with Gasteiger partial charge in [-0.25, -0.2) is 0 Å². The van der Waals surface area contributed by atoms with E-state index in [0.717, 1.165) is 9.75 Å². The summed E-state index contributed by atoms with van der Waals surface area (Å²) in [5.74, 6) is -0.589. The van der Waals surface area contributed by atoms with Crippen molar-refractivity contribution in [2.75, 3.05) is 19.4 Å². The smallest absolute Gasteiger partial charge is 0.266 e. The molecule has 0 saturated heterocycles. The number of hydrogen-bond donors (Lipinski definition) is 1. The highest BCUT2D eigenvalue weighted by molar-refractivity contribution is 7.12. The predicted molar refractivity (Wildman–Crippen MR) is 95.7 cm³/mol. The monoisotopic (exact) mass is 339 g/mol. The summed E-state index contributed by atoms with van der Waals surface area (Å²) in [4.78, 5) is 27.5. The maximum Gasteiger partial charge on any atom is 0.266 e. The molecule has 1 N–H and O–H groups in total. The summed E-state index contributed by atoms with van der Waals surface area (Å²) in [6.07, 6.45) is 1.57. The van der Waals surface area contributed by atoms with Gasteiger partial charge in [0.15, 0.2) is 0 Å². The molecule has 122 valence electrons. The van der Waals surface area contributed by atoms with Crippen LogP contribution in [0, 0.1) is 18.3 Å². The number of amides is 2. The van der Waals surface area contributed by atoms with Gasteiger partial charge in [0.25, 0.3) is 11.8 Å². The van der Waals surface area contributed by atoms with Crippen molar-refractivity contribution >= 4 is 34.9 Å². The van der Waals surface area contributed by atoms with Gasteiger partial charge in [-0.05, 0) is 49.4 Å². The van der Waals surface area contributed by atoms with Gasteiger partial charge in [-0.3, -0.25) is 9.59 Å². The van der Waals surface area contributed by atoms with Crippen LogP contribution in [-0.2, 0) is 4.79 Å². The third-order valence-corrected chi connectivity index (χ3v) is 4.16. The Hall–Kier alpha value is -2.91. The average molecular weight is 339 g/mol. The first-order chi connectivity index (χ1) is 11.4. The van der Waals surface area contributed by atoms with Crippen LogP contribution in [0.3, 0.4) is 0 Å². The number of nitrogens with zero attached hydrogens (tertiary/aromatic N) is 2. The zero-order valence-electron chi connectivity index (χ0n) is 13.7. The summed E-state index contributed by atoms with van der Waals surface area (Å²) in [5.41, 5.74) is 1.09. The van der Waals surface area contributed by atoms with Crippen LogP contribution in [0.25, 0.3) is 6.08 Å². The molecule has 2 amide bonds. The van der Waals surface area contributed by atoms with Gasteiger partial charge in [0.1, 0.15) is 11.6 Å². The molecule has 0 bridgehead atoms. The van der Waals surface area contributed by atoms with Gasteiger partial charge in [-0.15, -0.1) is 11.3 Å². The van der Waals surface area contributed by atoms with E-state index in [1.54, 1.807) is 44.4 Å². The van der Waals surface area contributed by atoms with Crippen LogP contribution in [0.15, 0.2) is 42.0 Å². The number of anilines is 1. The van der Waals surface area contributed by atoms with E-state index in [1.807, 2.05) is 25.1 Å². The Bertz CT molecular complexity index is 827. The van der Waals surface area contributed by atoms with Gasteiger partial charge < -0.3 is 10.2 Å². The second kappa shape index (κ2) is 7.57.